The number of carbonyl (C=O) groups is 1. The Hall–Kier alpha value is -0.670. The summed E-state index contributed by atoms with van der Waals surface area (Å²) in [5.41, 5.74) is 0.695. The highest BCUT2D eigenvalue weighted by Gasteiger charge is 2.10. The standard InChI is InChI=1S/C11H14ClNOS/c1-3-6-15-10-7-8(12)4-5-9(10)11(14)13-2/h4-5,7H,3,6H2,1-2H3,(H,13,14). The Morgan fingerprint density at radius 3 is 2.87 bits per heavy atom. The highest BCUT2D eigenvalue weighted by molar-refractivity contribution is 7.99. The maximum Gasteiger partial charge on any atom is 0.252 e. The van der Waals surface area contributed by atoms with Gasteiger partial charge < -0.3 is 5.32 Å². The number of carbonyl (C=O) groups excluding carboxylic acids is 1. The molecule has 0 aliphatic carbocycles. The van der Waals surface area contributed by atoms with Gasteiger partial charge in [0.25, 0.3) is 5.91 Å². The zero-order valence-electron chi connectivity index (χ0n) is 8.84. The maximum atomic E-state index is 11.5. The van der Waals surface area contributed by atoms with E-state index in [4.69, 9.17) is 11.6 Å². The summed E-state index contributed by atoms with van der Waals surface area (Å²) in [6, 6.07) is 5.34. The first-order valence-electron chi connectivity index (χ1n) is 4.83. The first-order valence-corrected chi connectivity index (χ1v) is 6.19. The van der Waals surface area contributed by atoms with Crippen LogP contribution in [0.5, 0.6) is 0 Å². The molecule has 0 aromatic heterocycles. The summed E-state index contributed by atoms with van der Waals surface area (Å²) in [7, 11) is 1.63. The third-order valence-electron chi connectivity index (χ3n) is 1.88. The van der Waals surface area contributed by atoms with E-state index in [-0.39, 0.29) is 5.91 Å². The third-order valence-corrected chi connectivity index (χ3v) is 3.37. The molecule has 0 aliphatic heterocycles. The van der Waals surface area contributed by atoms with Crippen LogP contribution in [0, 0.1) is 0 Å². The maximum absolute atomic E-state index is 11.5. The number of halogens is 1. The minimum absolute atomic E-state index is 0.0646. The first kappa shape index (κ1) is 12.4. The van der Waals surface area contributed by atoms with E-state index in [0.29, 0.717) is 10.6 Å². The van der Waals surface area contributed by atoms with Crippen molar-refractivity contribution in [2.24, 2.45) is 0 Å². The molecule has 0 saturated heterocycles. The van der Waals surface area contributed by atoms with Crippen LogP contribution in [0.1, 0.15) is 23.7 Å². The monoisotopic (exact) mass is 243 g/mol. The number of thioether (sulfide) groups is 1. The van der Waals surface area contributed by atoms with Crippen LogP contribution in [0.25, 0.3) is 0 Å². The molecular formula is C11H14ClNOS. The van der Waals surface area contributed by atoms with Gasteiger partial charge in [-0.1, -0.05) is 18.5 Å². The van der Waals surface area contributed by atoms with Crippen LogP contribution in [0.3, 0.4) is 0 Å². The van der Waals surface area contributed by atoms with Crippen LogP contribution >= 0.6 is 23.4 Å². The fourth-order valence-electron chi connectivity index (χ4n) is 1.15. The second kappa shape index (κ2) is 6.03. The Labute approximate surface area is 99.4 Å². The van der Waals surface area contributed by atoms with Gasteiger partial charge in [0.05, 0.1) is 5.56 Å². The second-order valence-corrected chi connectivity index (χ2v) is 4.64. The quantitative estimate of drug-likeness (QED) is 0.823. The topological polar surface area (TPSA) is 29.1 Å². The van der Waals surface area contributed by atoms with Crippen LogP contribution in [-0.4, -0.2) is 18.7 Å². The zero-order valence-corrected chi connectivity index (χ0v) is 10.4. The molecule has 0 bridgehead atoms. The van der Waals surface area contributed by atoms with Gasteiger partial charge in [-0.15, -0.1) is 11.8 Å². The van der Waals surface area contributed by atoms with Crippen LogP contribution in [0.2, 0.25) is 5.02 Å². The summed E-state index contributed by atoms with van der Waals surface area (Å²) in [4.78, 5) is 12.5. The summed E-state index contributed by atoms with van der Waals surface area (Å²) in [6.07, 6.45) is 1.07. The largest absolute Gasteiger partial charge is 0.355 e. The Bertz CT molecular complexity index is 354. The first-order chi connectivity index (χ1) is 7.19. The SMILES string of the molecule is CCCSc1cc(Cl)ccc1C(=O)NC. The zero-order chi connectivity index (χ0) is 11.3. The lowest BCUT2D eigenvalue weighted by molar-refractivity contribution is 0.0960. The fraction of sp³-hybridized carbons (Fsp3) is 0.364. The van der Waals surface area contributed by atoms with E-state index in [2.05, 4.69) is 12.2 Å². The Kier molecular flexibility index (Phi) is 4.99. The minimum Gasteiger partial charge on any atom is -0.355 e. The number of hydrogen-bond acceptors (Lipinski definition) is 2. The molecule has 1 N–H and O–H groups in total. The van der Waals surface area contributed by atoms with E-state index in [1.807, 2.05) is 6.07 Å². The van der Waals surface area contributed by atoms with Gasteiger partial charge in [-0.2, -0.15) is 0 Å². The second-order valence-electron chi connectivity index (χ2n) is 3.07. The Morgan fingerprint density at radius 2 is 2.27 bits per heavy atom. The van der Waals surface area contributed by atoms with Crippen molar-refractivity contribution >= 4 is 29.3 Å². The van der Waals surface area contributed by atoms with E-state index < -0.39 is 0 Å². The van der Waals surface area contributed by atoms with Crippen LogP contribution < -0.4 is 5.32 Å². The molecule has 0 unspecified atom stereocenters. The van der Waals surface area contributed by atoms with Crippen LogP contribution in [0.15, 0.2) is 23.1 Å². The molecule has 1 aromatic carbocycles. The predicted octanol–water partition coefficient (Wildman–Crippen LogP) is 3.20. The molecule has 0 aliphatic rings. The van der Waals surface area contributed by atoms with Crippen molar-refractivity contribution in [2.45, 2.75) is 18.2 Å². The van der Waals surface area contributed by atoms with Gasteiger partial charge in [-0.25, -0.2) is 0 Å². The smallest absolute Gasteiger partial charge is 0.252 e. The van der Waals surface area contributed by atoms with Crippen LogP contribution in [0.4, 0.5) is 0 Å². The number of nitrogens with one attached hydrogen (secondary N) is 1. The molecule has 0 atom stereocenters. The molecule has 2 nitrogen and oxygen atoms in total. The minimum atomic E-state index is -0.0646. The Morgan fingerprint density at radius 1 is 1.53 bits per heavy atom. The van der Waals surface area contributed by atoms with Crippen molar-refractivity contribution in [3.05, 3.63) is 28.8 Å². The third kappa shape index (κ3) is 3.43. The van der Waals surface area contributed by atoms with Crippen molar-refractivity contribution in [1.82, 2.24) is 5.32 Å². The van der Waals surface area contributed by atoms with E-state index in [0.717, 1.165) is 17.1 Å². The van der Waals surface area contributed by atoms with Gasteiger partial charge in [-0.3, -0.25) is 4.79 Å². The number of hydrogen-bond donors (Lipinski definition) is 1. The number of rotatable bonds is 4. The average Bonchev–Trinajstić information content (AvgIpc) is 2.25. The number of amides is 1. The Balaban J connectivity index is 2.97. The van der Waals surface area contributed by atoms with Gasteiger partial charge in [0, 0.05) is 17.0 Å². The van der Waals surface area contributed by atoms with Crippen LogP contribution in [-0.2, 0) is 0 Å². The lowest BCUT2D eigenvalue weighted by Crippen LogP contribution is -2.18. The molecule has 0 spiro atoms. The normalized spacial score (nSPS) is 10.1. The van der Waals surface area contributed by atoms with Gasteiger partial charge in [0.15, 0.2) is 0 Å². The van der Waals surface area contributed by atoms with Crippen molar-refractivity contribution < 1.29 is 4.79 Å². The highest BCUT2D eigenvalue weighted by Crippen LogP contribution is 2.26. The molecule has 0 heterocycles. The molecule has 4 heteroatoms. The van der Waals surface area contributed by atoms with E-state index in [9.17, 15) is 4.79 Å². The summed E-state index contributed by atoms with van der Waals surface area (Å²) >= 11 is 7.56. The molecule has 0 radical (unpaired) electrons. The van der Waals surface area contributed by atoms with E-state index in [1.54, 1.807) is 30.9 Å². The summed E-state index contributed by atoms with van der Waals surface area (Å²) in [5, 5.41) is 3.29. The van der Waals surface area contributed by atoms with Crippen molar-refractivity contribution in [3.8, 4) is 0 Å². The summed E-state index contributed by atoms with van der Waals surface area (Å²) in [6.45, 7) is 2.11. The van der Waals surface area contributed by atoms with Gasteiger partial charge in [0.1, 0.15) is 0 Å². The van der Waals surface area contributed by atoms with Gasteiger partial charge in [-0.05, 0) is 30.4 Å². The number of benzene rings is 1. The summed E-state index contributed by atoms with van der Waals surface area (Å²) < 4.78 is 0. The van der Waals surface area contributed by atoms with Crippen molar-refractivity contribution in [2.75, 3.05) is 12.8 Å². The van der Waals surface area contributed by atoms with Gasteiger partial charge >= 0.3 is 0 Å². The van der Waals surface area contributed by atoms with E-state index >= 15 is 0 Å². The molecule has 0 fully saturated rings. The summed E-state index contributed by atoms with van der Waals surface area (Å²) in [5.74, 6) is 0.926. The van der Waals surface area contributed by atoms with E-state index in [1.165, 1.54) is 0 Å². The molecule has 1 rings (SSSR count). The van der Waals surface area contributed by atoms with Gasteiger partial charge in [0.2, 0.25) is 0 Å². The molecule has 1 amide bonds. The molecule has 1 aromatic rings. The average molecular weight is 244 g/mol. The fourth-order valence-corrected chi connectivity index (χ4v) is 2.34. The van der Waals surface area contributed by atoms with Crippen molar-refractivity contribution in [1.29, 1.82) is 0 Å². The molecular weight excluding hydrogens is 230 g/mol. The predicted molar refractivity (Wildman–Crippen MR) is 65.9 cm³/mol. The lowest BCUT2D eigenvalue weighted by atomic mass is 10.2. The lowest BCUT2D eigenvalue weighted by Gasteiger charge is -2.07. The van der Waals surface area contributed by atoms with Crippen molar-refractivity contribution in [3.63, 3.8) is 0 Å². The highest BCUT2D eigenvalue weighted by atomic mass is 35.5. The molecule has 15 heavy (non-hydrogen) atoms. The molecule has 82 valence electrons. The molecule has 0 saturated carbocycles.